The Morgan fingerprint density at radius 2 is 0.575 bits per heavy atom. The lowest BCUT2D eigenvalue weighted by Crippen LogP contribution is -2.41. The van der Waals surface area contributed by atoms with Crippen molar-refractivity contribution in [1.82, 2.24) is 19.9 Å². The van der Waals surface area contributed by atoms with Crippen molar-refractivity contribution in [2.75, 3.05) is 0 Å². The second-order valence-electron chi connectivity index (χ2n) is 27.7. The average molecular weight is 1470 g/mol. The zero-order valence-electron chi connectivity index (χ0n) is 58.8. The number of rotatable bonds is 10. The van der Waals surface area contributed by atoms with Crippen molar-refractivity contribution in [2.24, 2.45) is 0 Å². The van der Waals surface area contributed by atoms with Crippen LogP contribution in [0.1, 0.15) is 27.7 Å². The fraction of sp³-hybridized carbons (Fsp3) is 0.0638. The van der Waals surface area contributed by atoms with Crippen LogP contribution >= 0.6 is 30.2 Å². The van der Waals surface area contributed by atoms with Crippen LogP contribution in [0.2, 0.25) is 0 Å². The molecule has 1 aliphatic rings. The summed E-state index contributed by atoms with van der Waals surface area (Å²) in [6.45, 7) is 8.40. The Hall–Kier alpha value is -11.3. The van der Waals surface area contributed by atoms with Crippen molar-refractivity contribution in [2.45, 2.75) is 38.9 Å². The maximum atomic E-state index is 15.1. The number of hydrogen-bond acceptors (Lipinski definition) is 8. The molecule has 14 aromatic carbocycles. The Balaban J connectivity index is 0.000000126. The topological polar surface area (TPSA) is 104 Å². The highest BCUT2D eigenvalue weighted by atomic mass is 79.9. The van der Waals surface area contributed by atoms with Gasteiger partial charge in [0.15, 0.2) is 14.3 Å². The lowest BCUT2D eigenvalue weighted by atomic mass is 9.72. The Kier molecular flexibility index (Phi) is 17.9. The van der Waals surface area contributed by atoms with Crippen LogP contribution < -0.4 is 37.3 Å². The van der Waals surface area contributed by atoms with Crippen LogP contribution in [0.3, 0.4) is 0 Å². The molecule has 0 aliphatic carbocycles. The molecule has 0 spiro atoms. The summed E-state index contributed by atoms with van der Waals surface area (Å²) in [6, 6.07) is 115. The van der Waals surface area contributed by atoms with Gasteiger partial charge < -0.3 is 18.4 Å². The molecule has 1 saturated heterocycles. The number of benzene rings is 14. The van der Waals surface area contributed by atoms with Gasteiger partial charge in [-0.05, 0) is 136 Å². The highest BCUT2D eigenvalue weighted by Crippen LogP contribution is 2.48. The summed E-state index contributed by atoms with van der Waals surface area (Å²) < 4.78 is 43.1. The number of hydrogen-bond donors (Lipinski definition) is 0. The van der Waals surface area contributed by atoms with Crippen molar-refractivity contribution < 1.29 is 18.4 Å². The normalized spacial score (nSPS) is 13.5. The summed E-state index contributed by atoms with van der Waals surface area (Å²) >= 11 is 3.43. The monoisotopic (exact) mass is 1470 g/mol. The third-order valence-electron chi connectivity index (χ3n) is 21.0. The molecule has 0 atom stereocenters. The van der Waals surface area contributed by atoms with Gasteiger partial charge in [-0.3, -0.25) is 9.97 Å². The lowest BCUT2D eigenvalue weighted by molar-refractivity contribution is 0.00578. The first-order valence-electron chi connectivity index (χ1n) is 35.6. The SMILES string of the molecule is CC1(C)OB(c2c3ccccc3c(-c3ccc4ccc5cccnc5c4n3)c3ccccc23)OC1(C)C.O=P(c1ccccc1)(c1ccccc1)c1ccc(-c2c3ccccc3c(-c3ccc4ccc5cccnc5c4n3)c3ccccc23)cc1.O=P(c1ccccc1)(c1ccccc1)c1ccc(Br)cc1. The Morgan fingerprint density at radius 1 is 0.292 bits per heavy atom. The first kappa shape index (κ1) is 67.8. The summed E-state index contributed by atoms with van der Waals surface area (Å²) in [5, 5.41) is 18.4. The van der Waals surface area contributed by atoms with E-state index in [1.165, 1.54) is 0 Å². The summed E-state index contributed by atoms with van der Waals surface area (Å²) in [4.78, 5) is 19.9. The molecule has 0 N–H and O–H groups in total. The molecule has 0 radical (unpaired) electrons. The molecule has 0 amide bonds. The van der Waals surface area contributed by atoms with Gasteiger partial charge in [-0.2, -0.15) is 0 Å². The van der Waals surface area contributed by atoms with Crippen LogP contribution in [0, 0.1) is 0 Å². The van der Waals surface area contributed by atoms with Gasteiger partial charge in [-0.15, -0.1) is 0 Å². The quantitative estimate of drug-likeness (QED) is 0.0577. The molecule has 12 heteroatoms. The first-order valence-corrected chi connectivity index (χ1v) is 39.8. The predicted octanol–water partition coefficient (Wildman–Crippen LogP) is 21.2. The molecular formula is C94H70BBrN4O4P2. The molecular weight excluding hydrogens is 1400 g/mol. The van der Waals surface area contributed by atoms with Crippen molar-refractivity contribution >= 4 is 161 Å². The van der Waals surface area contributed by atoms with Crippen LogP contribution in [-0.4, -0.2) is 38.3 Å². The van der Waals surface area contributed by atoms with Gasteiger partial charge in [0.05, 0.1) is 44.7 Å². The highest BCUT2D eigenvalue weighted by molar-refractivity contribution is 9.10. The zero-order chi connectivity index (χ0) is 72.2. The van der Waals surface area contributed by atoms with Gasteiger partial charge in [0, 0.05) is 81.4 Å². The molecule has 4 aromatic heterocycles. The minimum atomic E-state index is -3.08. The van der Waals surface area contributed by atoms with Crippen LogP contribution in [0.15, 0.2) is 357 Å². The Labute approximate surface area is 624 Å². The van der Waals surface area contributed by atoms with E-state index >= 15 is 4.57 Å². The van der Waals surface area contributed by atoms with E-state index in [9.17, 15) is 4.57 Å². The van der Waals surface area contributed by atoms with Crippen molar-refractivity contribution in [3.05, 3.63) is 357 Å². The van der Waals surface area contributed by atoms with Crippen molar-refractivity contribution in [3.8, 4) is 33.6 Å². The standard InChI is InChI=1S/C44H29N2OP.C32H27BN2O2.C18H14BrOP/c47-48(33-13-3-1-4-14-33,34-15-5-2-6-16-34)35-26-23-30(24-27-35)41-36-17-7-9-19-38(36)42(39-20-10-8-18-37(39)41)40-28-25-32-22-21-31-12-11-29-45-43(31)44(32)46-40;1-31(2)32(3,4)37-33(36-31)28-24-13-7-5-11-22(24)27(23-12-6-8-14-25(23)28)26-18-17-21-16-15-20-10-9-19-34-29(20)30(21)35-26;19-15-11-13-18(14-12-15)21(20,16-7-3-1-4-8-16)17-9-5-2-6-10-17/h1-29H;5-19H,1-4H3;1-14H. The molecule has 0 bridgehead atoms. The van der Waals surface area contributed by atoms with Gasteiger partial charge in [-0.1, -0.05) is 307 Å². The average Bonchev–Trinajstić information content (AvgIpc) is 1.20. The molecule has 1 aliphatic heterocycles. The molecule has 510 valence electrons. The number of aromatic nitrogens is 4. The molecule has 106 heavy (non-hydrogen) atoms. The van der Waals surface area contributed by atoms with Crippen LogP contribution in [0.5, 0.6) is 0 Å². The Bertz CT molecular complexity index is 6280. The van der Waals surface area contributed by atoms with Gasteiger partial charge in [0.1, 0.15) is 0 Å². The van der Waals surface area contributed by atoms with E-state index in [-0.39, 0.29) is 0 Å². The van der Waals surface area contributed by atoms with Crippen LogP contribution in [-0.2, 0) is 18.4 Å². The maximum absolute atomic E-state index is 15.1. The van der Waals surface area contributed by atoms with E-state index in [1.807, 2.05) is 170 Å². The van der Waals surface area contributed by atoms with Crippen LogP contribution in [0.25, 0.3) is 120 Å². The number of pyridine rings is 4. The van der Waals surface area contributed by atoms with Crippen molar-refractivity contribution in [1.29, 1.82) is 0 Å². The summed E-state index contributed by atoms with van der Waals surface area (Å²) in [7, 11) is -6.37. The van der Waals surface area contributed by atoms with E-state index in [1.54, 1.807) is 0 Å². The second kappa shape index (κ2) is 28.0. The maximum Gasteiger partial charge on any atom is 0.496 e. The molecule has 5 heterocycles. The van der Waals surface area contributed by atoms with Gasteiger partial charge in [0.2, 0.25) is 0 Å². The largest absolute Gasteiger partial charge is 0.496 e. The minimum absolute atomic E-state index is 0.424. The zero-order valence-corrected chi connectivity index (χ0v) is 62.1. The number of nitrogens with zero attached hydrogens (tertiary/aromatic N) is 4. The van der Waals surface area contributed by atoms with E-state index in [2.05, 4.69) is 231 Å². The summed E-state index contributed by atoms with van der Waals surface area (Å²) in [6.07, 6.45) is 3.67. The van der Waals surface area contributed by atoms with Crippen molar-refractivity contribution in [3.63, 3.8) is 0 Å². The summed E-state index contributed by atoms with van der Waals surface area (Å²) in [5.74, 6) is 0. The molecule has 1 fully saturated rings. The van der Waals surface area contributed by atoms with E-state index in [0.717, 1.165) is 162 Å². The fourth-order valence-corrected chi connectivity index (χ4v) is 20.6. The van der Waals surface area contributed by atoms with E-state index < -0.39 is 32.6 Å². The Morgan fingerprint density at radius 3 is 0.934 bits per heavy atom. The lowest BCUT2D eigenvalue weighted by Gasteiger charge is -2.32. The van der Waals surface area contributed by atoms with Gasteiger partial charge in [0.25, 0.3) is 0 Å². The minimum Gasteiger partial charge on any atom is -0.399 e. The third kappa shape index (κ3) is 12.1. The number of fused-ring (bicyclic) bond motifs is 10. The molecule has 18 aromatic rings. The van der Waals surface area contributed by atoms with E-state index in [0.29, 0.717) is 0 Å². The fourth-order valence-electron chi connectivity index (χ4n) is 15.0. The van der Waals surface area contributed by atoms with E-state index in [4.69, 9.17) is 24.3 Å². The molecule has 0 unspecified atom stereocenters. The summed E-state index contributed by atoms with van der Waals surface area (Å²) in [5.41, 5.74) is 10.2. The molecule has 8 nitrogen and oxygen atoms in total. The molecule has 0 saturated carbocycles. The van der Waals surface area contributed by atoms with Gasteiger partial charge >= 0.3 is 7.12 Å². The van der Waals surface area contributed by atoms with Crippen LogP contribution in [0.4, 0.5) is 0 Å². The molecule has 19 rings (SSSR count). The second-order valence-corrected chi connectivity index (χ2v) is 34.2. The highest BCUT2D eigenvalue weighted by Gasteiger charge is 2.52. The predicted molar refractivity (Wildman–Crippen MR) is 449 cm³/mol. The first-order chi connectivity index (χ1) is 51.7. The third-order valence-corrected chi connectivity index (χ3v) is 27.6. The number of halogens is 1. The smallest absolute Gasteiger partial charge is 0.399 e. The van der Waals surface area contributed by atoms with Gasteiger partial charge in [-0.25, -0.2) is 9.97 Å².